The number of phenolic OH excluding ortho intramolecular Hbond substituents is 1. The summed E-state index contributed by atoms with van der Waals surface area (Å²) in [5, 5.41) is 9.59. The molecule has 1 N–H and O–H groups in total. The fraction of sp³-hybridized carbons (Fsp3) is 0.167. The molecular weight excluding hydrogens is 388 g/mol. The molecule has 3 aromatic rings. The Morgan fingerprint density at radius 3 is 2.03 bits per heavy atom. The summed E-state index contributed by atoms with van der Waals surface area (Å²) in [7, 11) is 0. The number of carbonyl (C=O) groups excluding carboxylic acids is 2. The van der Waals surface area contributed by atoms with Gasteiger partial charge in [0.05, 0.1) is 12.0 Å². The smallest absolute Gasteiger partial charge is 0.233 e. The molecule has 0 aliphatic carbocycles. The van der Waals surface area contributed by atoms with Gasteiger partial charge in [-0.05, 0) is 72.6 Å². The Kier molecular flexibility index (Phi) is 5.31. The van der Waals surface area contributed by atoms with E-state index in [4.69, 9.17) is 0 Å². The number of amides is 1. The van der Waals surface area contributed by atoms with E-state index in [2.05, 4.69) is 0 Å². The molecule has 1 heterocycles. The lowest BCUT2D eigenvalue weighted by Crippen LogP contribution is -2.55. The Labute approximate surface area is 172 Å². The molecule has 2 atom stereocenters. The maximum Gasteiger partial charge on any atom is 0.233 e. The van der Waals surface area contributed by atoms with Crippen LogP contribution in [0.15, 0.2) is 72.8 Å². The summed E-state index contributed by atoms with van der Waals surface area (Å²) in [6, 6.07) is 17.2. The predicted molar refractivity (Wildman–Crippen MR) is 108 cm³/mol. The molecule has 0 bridgehead atoms. The largest absolute Gasteiger partial charge is 0.508 e. The van der Waals surface area contributed by atoms with Gasteiger partial charge in [0.25, 0.3) is 0 Å². The second-order valence-corrected chi connectivity index (χ2v) is 7.30. The maximum atomic E-state index is 13.3. The Morgan fingerprint density at radius 1 is 0.867 bits per heavy atom. The van der Waals surface area contributed by atoms with Crippen molar-refractivity contribution in [1.82, 2.24) is 0 Å². The summed E-state index contributed by atoms with van der Waals surface area (Å²) in [4.78, 5) is 27.0. The van der Waals surface area contributed by atoms with Crippen molar-refractivity contribution >= 4 is 17.4 Å². The van der Waals surface area contributed by atoms with Crippen molar-refractivity contribution in [2.75, 3.05) is 4.90 Å². The first kappa shape index (κ1) is 19.8. The highest BCUT2D eigenvalue weighted by Gasteiger charge is 2.48. The molecule has 1 aliphatic heterocycles. The molecule has 0 unspecified atom stereocenters. The third kappa shape index (κ3) is 3.81. The Morgan fingerprint density at radius 2 is 1.43 bits per heavy atom. The molecule has 6 heteroatoms. The number of ketones is 1. The fourth-order valence-electron chi connectivity index (χ4n) is 3.84. The van der Waals surface area contributed by atoms with Crippen LogP contribution < -0.4 is 4.90 Å². The zero-order valence-corrected chi connectivity index (χ0v) is 16.0. The Bertz CT molecular complexity index is 1060. The molecule has 1 fully saturated rings. The molecule has 4 rings (SSSR count). The summed E-state index contributed by atoms with van der Waals surface area (Å²) >= 11 is 0. The summed E-state index contributed by atoms with van der Waals surface area (Å²) in [5.41, 5.74) is 1.79. The number of rotatable bonds is 6. The van der Waals surface area contributed by atoms with Crippen LogP contribution in [-0.2, 0) is 4.79 Å². The first-order valence-corrected chi connectivity index (χ1v) is 9.60. The summed E-state index contributed by atoms with van der Waals surface area (Å²) < 4.78 is 26.4. The third-order valence-corrected chi connectivity index (χ3v) is 5.40. The van der Waals surface area contributed by atoms with Gasteiger partial charge in [-0.3, -0.25) is 9.59 Å². The zero-order valence-electron chi connectivity index (χ0n) is 16.0. The molecule has 0 saturated carbocycles. The van der Waals surface area contributed by atoms with Gasteiger partial charge < -0.3 is 10.0 Å². The number of Topliss-reactive ketones (excluding diaryl/α,β-unsaturated/α-hetero) is 1. The molecule has 0 radical (unpaired) electrons. The van der Waals surface area contributed by atoms with Gasteiger partial charge in [-0.15, -0.1) is 0 Å². The number of phenols is 1. The average molecular weight is 407 g/mol. The van der Waals surface area contributed by atoms with E-state index in [1.165, 1.54) is 36.4 Å². The minimum Gasteiger partial charge on any atom is -0.508 e. The van der Waals surface area contributed by atoms with Crippen molar-refractivity contribution in [3.8, 4) is 5.75 Å². The highest BCUT2D eigenvalue weighted by atomic mass is 19.1. The standard InChI is InChI=1S/C24H19F2NO3/c25-17-5-1-15(2-6-17)22(29)14-13-21-23(16-3-11-20(28)12-4-16)27(24(21)30)19-9-7-18(26)8-10-19/h1-12,21,23,28H,13-14H2/t21-,23+/m1/s1. The minimum absolute atomic E-state index is 0.112. The average Bonchev–Trinajstić information content (AvgIpc) is 2.74. The SMILES string of the molecule is O=C(CC[C@H]1C(=O)N(c2ccc(F)cc2)[C@H]1c1ccc(O)cc1)c1ccc(F)cc1. The molecule has 1 amide bonds. The molecule has 3 aromatic carbocycles. The van der Waals surface area contributed by atoms with Crippen LogP contribution in [0.5, 0.6) is 5.75 Å². The van der Waals surface area contributed by atoms with Crippen LogP contribution >= 0.6 is 0 Å². The molecule has 1 saturated heterocycles. The van der Waals surface area contributed by atoms with Gasteiger partial charge in [0.2, 0.25) is 5.91 Å². The van der Waals surface area contributed by atoms with Crippen LogP contribution in [0.4, 0.5) is 14.5 Å². The second-order valence-electron chi connectivity index (χ2n) is 7.30. The topological polar surface area (TPSA) is 57.6 Å². The van der Waals surface area contributed by atoms with Crippen molar-refractivity contribution in [2.45, 2.75) is 18.9 Å². The molecular formula is C24H19F2NO3. The van der Waals surface area contributed by atoms with Gasteiger partial charge >= 0.3 is 0 Å². The predicted octanol–water partition coefficient (Wildman–Crippen LogP) is 5.04. The van der Waals surface area contributed by atoms with Gasteiger partial charge in [-0.1, -0.05) is 12.1 Å². The zero-order chi connectivity index (χ0) is 21.3. The quantitative estimate of drug-likeness (QED) is 0.460. The first-order valence-electron chi connectivity index (χ1n) is 9.60. The Hall–Kier alpha value is -3.54. The van der Waals surface area contributed by atoms with Gasteiger partial charge in [0.15, 0.2) is 5.78 Å². The minimum atomic E-state index is -0.427. The van der Waals surface area contributed by atoms with E-state index in [1.54, 1.807) is 41.3 Å². The van der Waals surface area contributed by atoms with Gasteiger partial charge in [-0.25, -0.2) is 8.78 Å². The van der Waals surface area contributed by atoms with Crippen LogP contribution in [-0.4, -0.2) is 16.8 Å². The van der Waals surface area contributed by atoms with Crippen molar-refractivity contribution in [3.05, 3.63) is 95.6 Å². The van der Waals surface area contributed by atoms with Crippen LogP contribution in [0.3, 0.4) is 0 Å². The number of hydrogen-bond donors (Lipinski definition) is 1. The second kappa shape index (κ2) is 8.06. The molecule has 0 spiro atoms. The van der Waals surface area contributed by atoms with E-state index in [0.717, 1.165) is 5.56 Å². The first-order chi connectivity index (χ1) is 14.4. The fourth-order valence-corrected chi connectivity index (χ4v) is 3.84. The van der Waals surface area contributed by atoms with Crippen molar-refractivity contribution in [2.24, 2.45) is 5.92 Å². The Balaban J connectivity index is 1.55. The van der Waals surface area contributed by atoms with Crippen LogP contribution in [0, 0.1) is 17.6 Å². The summed E-state index contributed by atoms with van der Waals surface area (Å²) in [6.45, 7) is 0. The van der Waals surface area contributed by atoms with Gasteiger partial charge in [-0.2, -0.15) is 0 Å². The normalized spacial score (nSPS) is 18.2. The van der Waals surface area contributed by atoms with E-state index >= 15 is 0 Å². The molecule has 1 aliphatic rings. The monoisotopic (exact) mass is 407 g/mol. The number of nitrogens with zero attached hydrogens (tertiary/aromatic N) is 1. The van der Waals surface area contributed by atoms with E-state index in [0.29, 0.717) is 17.7 Å². The number of anilines is 1. The van der Waals surface area contributed by atoms with Crippen LogP contribution in [0.25, 0.3) is 0 Å². The maximum absolute atomic E-state index is 13.3. The van der Waals surface area contributed by atoms with E-state index < -0.39 is 17.6 Å². The van der Waals surface area contributed by atoms with Gasteiger partial charge in [0.1, 0.15) is 17.4 Å². The molecule has 152 valence electrons. The lowest BCUT2D eigenvalue weighted by atomic mass is 9.78. The van der Waals surface area contributed by atoms with Crippen molar-refractivity contribution in [1.29, 1.82) is 0 Å². The number of hydrogen-bond acceptors (Lipinski definition) is 3. The third-order valence-electron chi connectivity index (χ3n) is 5.40. The lowest BCUT2D eigenvalue weighted by molar-refractivity contribution is -0.130. The van der Waals surface area contributed by atoms with Crippen LogP contribution in [0.2, 0.25) is 0 Å². The number of β-lactam (4-membered cyclic amide) rings is 1. The highest BCUT2D eigenvalue weighted by molar-refractivity contribution is 6.04. The number of carbonyl (C=O) groups is 2. The number of halogens is 2. The molecule has 4 nitrogen and oxygen atoms in total. The molecule has 30 heavy (non-hydrogen) atoms. The lowest BCUT2D eigenvalue weighted by Gasteiger charge is -2.47. The number of benzene rings is 3. The van der Waals surface area contributed by atoms with E-state index in [1.807, 2.05) is 0 Å². The van der Waals surface area contributed by atoms with Crippen LogP contribution in [0.1, 0.15) is 34.8 Å². The highest BCUT2D eigenvalue weighted by Crippen LogP contribution is 2.45. The molecule has 0 aromatic heterocycles. The van der Waals surface area contributed by atoms with Crippen molar-refractivity contribution in [3.63, 3.8) is 0 Å². The number of aromatic hydroxyl groups is 1. The van der Waals surface area contributed by atoms with Crippen molar-refractivity contribution < 1.29 is 23.5 Å². The summed E-state index contributed by atoms with van der Waals surface area (Å²) in [5.74, 6) is -1.43. The van der Waals surface area contributed by atoms with E-state index in [-0.39, 0.29) is 29.9 Å². The van der Waals surface area contributed by atoms with Gasteiger partial charge in [0, 0.05) is 17.7 Å². The van der Waals surface area contributed by atoms with E-state index in [9.17, 15) is 23.5 Å². The summed E-state index contributed by atoms with van der Waals surface area (Å²) in [6.07, 6.45) is 0.478.